The maximum atomic E-state index is 12.9. The Labute approximate surface area is 211 Å². The second-order valence-corrected chi connectivity index (χ2v) is 11.8. The molecule has 4 nitrogen and oxygen atoms in total. The first-order valence-corrected chi connectivity index (χ1v) is 14.7. The molecular formula is C30H56O4. The zero-order chi connectivity index (χ0) is 25.2. The minimum absolute atomic E-state index is 0.00819. The summed E-state index contributed by atoms with van der Waals surface area (Å²) in [6, 6.07) is 0. The van der Waals surface area contributed by atoms with E-state index in [2.05, 4.69) is 27.7 Å². The van der Waals surface area contributed by atoms with Crippen LogP contribution in [0.2, 0.25) is 0 Å². The van der Waals surface area contributed by atoms with Gasteiger partial charge in [0.15, 0.2) is 0 Å². The largest absolute Gasteiger partial charge is 0.481 e. The highest BCUT2D eigenvalue weighted by Gasteiger charge is 2.32. The number of hydrogen-bond acceptors (Lipinski definition) is 3. The van der Waals surface area contributed by atoms with Crippen molar-refractivity contribution in [2.75, 3.05) is 0 Å². The molecular weight excluding hydrogens is 424 g/mol. The van der Waals surface area contributed by atoms with Crippen molar-refractivity contribution in [2.24, 2.45) is 23.7 Å². The van der Waals surface area contributed by atoms with Gasteiger partial charge >= 0.3 is 11.9 Å². The highest BCUT2D eigenvalue weighted by molar-refractivity contribution is 5.75. The van der Waals surface area contributed by atoms with Crippen molar-refractivity contribution in [2.45, 2.75) is 156 Å². The van der Waals surface area contributed by atoms with Gasteiger partial charge in [-0.2, -0.15) is 0 Å². The molecule has 3 atom stereocenters. The van der Waals surface area contributed by atoms with E-state index in [1.165, 1.54) is 70.6 Å². The van der Waals surface area contributed by atoms with Gasteiger partial charge in [0, 0.05) is 0 Å². The zero-order valence-corrected chi connectivity index (χ0v) is 23.0. The minimum atomic E-state index is -0.764. The van der Waals surface area contributed by atoms with Gasteiger partial charge in [-0.15, -0.1) is 0 Å². The molecule has 0 radical (unpaired) electrons. The first kappa shape index (κ1) is 31.0. The average Bonchev–Trinajstić information content (AvgIpc) is 2.79. The van der Waals surface area contributed by atoms with Gasteiger partial charge in [-0.1, -0.05) is 105 Å². The van der Waals surface area contributed by atoms with Crippen LogP contribution in [0.15, 0.2) is 0 Å². The Balaban J connectivity index is 2.35. The molecule has 1 fully saturated rings. The molecule has 4 heteroatoms. The van der Waals surface area contributed by atoms with Crippen molar-refractivity contribution in [3.63, 3.8) is 0 Å². The van der Waals surface area contributed by atoms with Crippen LogP contribution in [-0.2, 0) is 14.3 Å². The van der Waals surface area contributed by atoms with Gasteiger partial charge in [-0.3, -0.25) is 9.59 Å². The maximum Gasteiger partial charge on any atom is 0.309 e. The van der Waals surface area contributed by atoms with Crippen LogP contribution in [0, 0.1) is 23.7 Å². The standard InChI is InChI=1S/C30H56O4/c1-24(2)17-12-8-6-5-7-9-14-21-28(22-15-11-10-13-18-25(3)4)34-30(33)27-20-16-19-26(23-27)29(31)32/h24-28H,5-23H2,1-4H3,(H,31,32). The molecule has 0 aromatic heterocycles. The number of unbranched alkanes of at least 4 members (excludes halogenated alkanes) is 9. The third kappa shape index (κ3) is 15.8. The molecule has 3 unspecified atom stereocenters. The van der Waals surface area contributed by atoms with Crippen molar-refractivity contribution in [3.8, 4) is 0 Å². The van der Waals surface area contributed by atoms with Crippen molar-refractivity contribution < 1.29 is 19.4 Å². The topological polar surface area (TPSA) is 63.6 Å². The summed E-state index contributed by atoms with van der Waals surface area (Å²) < 4.78 is 6.01. The smallest absolute Gasteiger partial charge is 0.309 e. The van der Waals surface area contributed by atoms with Gasteiger partial charge in [-0.05, 0) is 56.8 Å². The quantitative estimate of drug-likeness (QED) is 0.139. The molecule has 1 N–H and O–H groups in total. The number of carboxylic acid groups (broad SMARTS) is 1. The number of carbonyl (C=O) groups excluding carboxylic acids is 1. The minimum Gasteiger partial charge on any atom is -0.481 e. The Morgan fingerprint density at radius 3 is 1.53 bits per heavy atom. The molecule has 0 saturated heterocycles. The Bertz CT molecular complexity index is 528. The summed E-state index contributed by atoms with van der Waals surface area (Å²) in [4.78, 5) is 24.2. The van der Waals surface area contributed by atoms with Crippen LogP contribution >= 0.6 is 0 Å². The Hall–Kier alpha value is -1.06. The lowest BCUT2D eigenvalue weighted by Crippen LogP contribution is -2.31. The van der Waals surface area contributed by atoms with E-state index in [1.807, 2.05) is 0 Å². The molecule has 0 aromatic carbocycles. The molecule has 0 amide bonds. The second-order valence-electron chi connectivity index (χ2n) is 11.8. The van der Waals surface area contributed by atoms with Gasteiger partial charge in [0.1, 0.15) is 6.10 Å². The van der Waals surface area contributed by atoms with Crippen molar-refractivity contribution in [1.82, 2.24) is 0 Å². The highest BCUT2D eigenvalue weighted by Crippen LogP contribution is 2.31. The van der Waals surface area contributed by atoms with Crippen LogP contribution in [0.3, 0.4) is 0 Å². The molecule has 1 rings (SSSR count). The van der Waals surface area contributed by atoms with E-state index in [1.54, 1.807) is 0 Å². The van der Waals surface area contributed by atoms with E-state index < -0.39 is 5.97 Å². The van der Waals surface area contributed by atoms with Crippen LogP contribution in [-0.4, -0.2) is 23.1 Å². The summed E-state index contributed by atoms with van der Waals surface area (Å²) in [7, 11) is 0. The van der Waals surface area contributed by atoms with Crippen LogP contribution in [0.1, 0.15) is 150 Å². The third-order valence-electron chi connectivity index (χ3n) is 7.50. The summed E-state index contributed by atoms with van der Waals surface area (Å²) in [5.41, 5.74) is 0. The third-order valence-corrected chi connectivity index (χ3v) is 7.50. The number of carbonyl (C=O) groups is 2. The number of hydrogen-bond donors (Lipinski definition) is 1. The van der Waals surface area contributed by atoms with E-state index in [-0.39, 0.29) is 23.9 Å². The van der Waals surface area contributed by atoms with E-state index in [4.69, 9.17) is 4.74 Å². The predicted octanol–water partition coefficient (Wildman–Crippen LogP) is 8.95. The molecule has 0 aliphatic heterocycles. The molecule has 0 aromatic rings. The van der Waals surface area contributed by atoms with E-state index in [0.717, 1.165) is 50.4 Å². The number of ether oxygens (including phenoxy) is 1. The van der Waals surface area contributed by atoms with Gasteiger partial charge in [0.2, 0.25) is 0 Å². The SMILES string of the molecule is CC(C)CCCCCCCCCC(CCCCCCC(C)C)OC(=O)C1CCCC(C(=O)O)C1. The van der Waals surface area contributed by atoms with E-state index >= 15 is 0 Å². The molecule has 0 heterocycles. The molecule has 0 spiro atoms. The summed E-state index contributed by atoms with van der Waals surface area (Å²) in [5.74, 6) is 0.0774. The van der Waals surface area contributed by atoms with Crippen LogP contribution in [0.25, 0.3) is 0 Å². The second kappa shape index (κ2) is 19.2. The fraction of sp³-hybridized carbons (Fsp3) is 0.933. The van der Waals surface area contributed by atoms with Crippen molar-refractivity contribution in [1.29, 1.82) is 0 Å². The maximum absolute atomic E-state index is 12.9. The van der Waals surface area contributed by atoms with E-state index in [9.17, 15) is 14.7 Å². The Morgan fingerprint density at radius 1 is 0.676 bits per heavy atom. The number of aliphatic carboxylic acids is 1. The number of esters is 1. The average molecular weight is 481 g/mol. The lowest BCUT2D eigenvalue weighted by Gasteiger charge is -2.27. The zero-order valence-electron chi connectivity index (χ0n) is 23.0. The first-order chi connectivity index (χ1) is 16.3. The van der Waals surface area contributed by atoms with Gasteiger partial charge in [-0.25, -0.2) is 0 Å². The molecule has 34 heavy (non-hydrogen) atoms. The Kier molecular flexibility index (Phi) is 17.5. The van der Waals surface area contributed by atoms with Gasteiger partial charge < -0.3 is 9.84 Å². The lowest BCUT2D eigenvalue weighted by atomic mass is 9.81. The molecule has 0 bridgehead atoms. The summed E-state index contributed by atoms with van der Waals surface area (Å²) in [5, 5.41) is 9.35. The highest BCUT2D eigenvalue weighted by atomic mass is 16.5. The van der Waals surface area contributed by atoms with E-state index in [0.29, 0.717) is 12.8 Å². The van der Waals surface area contributed by atoms with Crippen LogP contribution in [0.4, 0.5) is 0 Å². The van der Waals surface area contributed by atoms with Gasteiger partial charge in [0.05, 0.1) is 11.8 Å². The summed E-state index contributed by atoms with van der Waals surface area (Å²) >= 11 is 0. The first-order valence-electron chi connectivity index (χ1n) is 14.7. The fourth-order valence-electron chi connectivity index (χ4n) is 5.24. The molecule has 1 saturated carbocycles. The van der Waals surface area contributed by atoms with Crippen molar-refractivity contribution in [3.05, 3.63) is 0 Å². The summed E-state index contributed by atoms with van der Waals surface area (Å²) in [6.07, 6.45) is 21.2. The lowest BCUT2D eigenvalue weighted by molar-refractivity contribution is -0.158. The fourth-order valence-corrected chi connectivity index (χ4v) is 5.24. The number of carboxylic acids is 1. The Morgan fingerprint density at radius 2 is 1.09 bits per heavy atom. The monoisotopic (exact) mass is 480 g/mol. The number of rotatable bonds is 20. The van der Waals surface area contributed by atoms with Crippen molar-refractivity contribution >= 4 is 11.9 Å². The van der Waals surface area contributed by atoms with Crippen LogP contribution < -0.4 is 0 Å². The van der Waals surface area contributed by atoms with Crippen LogP contribution in [0.5, 0.6) is 0 Å². The normalized spacial score (nSPS) is 19.5. The molecule has 1 aliphatic carbocycles. The molecule has 1 aliphatic rings. The van der Waals surface area contributed by atoms with Gasteiger partial charge in [0.25, 0.3) is 0 Å². The predicted molar refractivity (Wildman–Crippen MR) is 142 cm³/mol. The summed E-state index contributed by atoms with van der Waals surface area (Å²) in [6.45, 7) is 9.16. The molecule has 200 valence electrons.